The van der Waals surface area contributed by atoms with Crippen molar-refractivity contribution >= 4 is 0 Å². The van der Waals surface area contributed by atoms with Crippen LogP contribution in [0.3, 0.4) is 0 Å². The Morgan fingerprint density at radius 3 is 2.36 bits per heavy atom. The van der Waals surface area contributed by atoms with Gasteiger partial charge in [0.15, 0.2) is 0 Å². The average Bonchev–Trinajstić information content (AvgIpc) is 2.10. The van der Waals surface area contributed by atoms with E-state index < -0.39 is 0 Å². The smallest absolute Gasteiger partial charge is 0.0160 e. The summed E-state index contributed by atoms with van der Waals surface area (Å²) in [6, 6.07) is 0.279. The molecule has 0 spiro atoms. The van der Waals surface area contributed by atoms with Gasteiger partial charge < -0.3 is 5.73 Å². The molecule has 2 heteroatoms. The number of likely N-dealkylation sites (N-methyl/N-ethyl adjacent to an activating group) is 1. The van der Waals surface area contributed by atoms with Gasteiger partial charge in [-0.15, -0.1) is 6.58 Å². The van der Waals surface area contributed by atoms with Crippen LogP contribution in [-0.4, -0.2) is 30.6 Å². The first-order chi connectivity index (χ1) is 6.41. The van der Waals surface area contributed by atoms with Crippen LogP contribution in [0.15, 0.2) is 12.7 Å². The fraction of sp³-hybridized carbons (Fsp3) is 0.833. The molecule has 0 heterocycles. The topological polar surface area (TPSA) is 29.3 Å². The molecule has 2 nitrogen and oxygen atoms in total. The first-order valence-corrected chi connectivity index (χ1v) is 5.50. The van der Waals surface area contributed by atoms with Crippen molar-refractivity contribution < 1.29 is 0 Å². The molecule has 1 atom stereocenters. The first-order valence-electron chi connectivity index (χ1n) is 5.50. The standard InChI is InChI=1S/C12H26N2/c1-6-9-14(7-2)10-8-11(13)12(3,4)5/h6,11H,1,7-10,13H2,2-5H3. The second kappa shape index (κ2) is 6.20. The van der Waals surface area contributed by atoms with Crippen LogP contribution in [0, 0.1) is 5.41 Å². The zero-order valence-electron chi connectivity index (χ0n) is 10.2. The molecule has 0 radical (unpaired) electrons. The van der Waals surface area contributed by atoms with Crippen LogP contribution in [0.4, 0.5) is 0 Å². The average molecular weight is 198 g/mol. The third kappa shape index (κ3) is 5.40. The lowest BCUT2D eigenvalue weighted by molar-refractivity contribution is 0.248. The van der Waals surface area contributed by atoms with Crippen molar-refractivity contribution in [1.29, 1.82) is 0 Å². The summed E-state index contributed by atoms with van der Waals surface area (Å²) in [5.41, 5.74) is 6.31. The molecule has 0 amide bonds. The first kappa shape index (κ1) is 13.7. The Kier molecular flexibility index (Phi) is 6.05. The van der Waals surface area contributed by atoms with Gasteiger partial charge in [-0.1, -0.05) is 33.8 Å². The summed E-state index contributed by atoms with van der Waals surface area (Å²) in [5.74, 6) is 0. The fourth-order valence-electron chi connectivity index (χ4n) is 1.32. The minimum Gasteiger partial charge on any atom is -0.327 e. The molecule has 0 saturated heterocycles. The van der Waals surface area contributed by atoms with Gasteiger partial charge in [0.25, 0.3) is 0 Å². The van der Waals surface area contributed by atoms with Gasteiger partial charge in [-0.25, -0.2) is 0 Å². The lowest BCUT2D eigenvalue weighted by Crippen LogP contribution is -2.38. The van der Waals surface area contributed by atoms with E-state index in [1.165, 1.54) is 0 Å². The van der Waals surface area contributed by atoms with Crippen molar-refractivity contribution in [1.82, 2.24) is 4.90 Å². The Morgan fingerprint density at radius 1 is 1.43 bits per heavy atom. The quantitative estimate of drug-likeness (QED) is 0.663. The van der Waals surface area contributed by atoms with E-state index in [0.717, 1.165) is 26.1 Å². The monoisotopic (exact) mass is 198 g/mol. The maximum absolute atomic E-state index is 6.10. The summed E-state index contributed by atoms with van der Waals surface area (Å²) < 4.78 is 0. The number of hydrogen-bond acceptors (Lipinski definition) is 2. The van der Waals surface area contributed by atoms with Crippen molar-refractivity contribution in [2.24, 2.45) is 11.1 Å². The van der Waals surface area contributed by atoms with Crippen LogP contribution >= 0.6 is 0 Å². The highest BCUT2D eigenvalue weighted by Crippen LogP contribution is 2.19. The number of nitrogens with zero attached hydrogens (tertiary/aromatic N) is 1. The highest BCUT2D eigenvalue weighted by Gasteiger charge is 2.20. The normalized spacial score (nSPS) is 14.4. The zero-order valence-corrected chi connectivity index (χ0v) is 10.2. The van der Waals surface area contributed by atoms with Gasteiger partial charge in [-0.05, 0) is 24.9 Å². The Balaban J connectivity index is 3.84. The van der Waals surface area contributed by atoms with Gasteiger partial charge in [0.05, 0.1) is 0 Å². The maximum Gasteiger partial charge on any atom is 0.0160 e. The van der Waals surface area contributed by atoms with Crippen LogP contribution in [0.2, 0.25) is 0 Å². The molecule has 0 bridgehead atoms. The third-order valence-electron chi connectivity index (χ3n) is 2.70. The Morgan fingerprint density at radius 2 is 2.00 bits per heavy atom. The summed E-state index contributed by atoms with van der Waals surface area (Å²) in [6.45, 7) is 15.6. The minimum absolute atomic E-state index is 0.216. The lowest BCUT2D eigenvalue weighted by Gasteiger charge is -2.29. The molecule has 0 aromatic rings. The van der Waals surface area contributed by atoms with Gasteiger partial charge in [0.2, 0.25) is 0 Å². The van der Waals surface area contributed by atoms with Crippen molar-refractivity contribution in [3.05, 3.63) is 12.7 Å². The molecule has 84 valence electrons. The maximum atomic E-state index is 6.10. The van der Waals surface area contributed by atoms with Crippen molar-refractivity contribution in [2.75, 3.05) is 19.6 Å². The highest BCUT2D eigenvalue weighted by molar-refractivity contribution is 4.79. The van der Waals surface area contributed by atoms with Gasteiger partial charge in [-0.3, -0.25) is 4.90 Å². The van der Waals surface area contributed by atoms with E-state index in [2.05, 4.69) is 39.2 Å². The van der Waals surface area contributed by atoms with Gasteiger partial charge in [-0.2, -0.15) is 0 Å². The molecule has 1 unspecified atom stereocenters. The molecule has 14 heavy (non-hydrogen) atoms. The van der Waals surface area contributed by atoms with E-state index >= 15 is 0 Å². The molecule has 0 rings (SSSR count). The number of rotatable bonds is 6. The number of nitrogens with two attached hydrogens (primary N) is 1. The van der Waals surface area contributed by atoms with Crippen molar-refractivity contribution in [3.63, 3.8) is 0 Å². The summed E-state index contributed by atoms with van der Waals surface area (Å²) in [4.78, 5) is 2.36. The molecule has 0 aliphatic rings. The van der Waals surface area contributed by atoms with E-state index in [1.807, 2.05) is 6.08 Å². The van der Waals surface area contributed by atoms with E-state index in [0.29, 0.717) is 0 Å². The van der Waals surface area contributed by atoms with Gasteiger partial charge in [0, 0.05) is 12.6 Å². The summed E-state index contributed by atoms with van der Waals surface area (Å²) in [7, 11) is 0. The highest BCUT2D eigenvalue weighted by atomic mass is 15.1. The summed E-state index contributed by atoms with van der Waals surface area (Å²) >= 11 is 0. The van der Waals surface area contributed by atoms with E-state index in [-0.39, 0.29) is 11.5 Å². The predicted molar refractivity (Wildman–Crippen MR) is 64.4 cm³/mol. The van der Waals surface area contributed by atoms with Crippen LogP contribution in [0.5, 0.6) is 0 Å². The molecule has 0 aliphatic heterocycles. The number of hydrogen-bond donors (Lipinski definition) is 1. The summed E-state index contributed by atoms with van der Waals surface area (Å²) in [6.07, 6.45) is 3.01. The van der Waals surface area contributed by atoms with Gasteiger partial charge >= 0.3 is 0 Å². The van der Waals surface area contributed by atoms with Crippen LogP contribution in [0.25, 0.3) is 0 Å². The van der Waals surface area contributed by atoms with Crippen LogP contribution < -0.4 is 5.73 Å². The van der Waals surface area contributed by atoms with E-state index in [1.54, 1.807) is 0 Å². The van der Waals surface area contributed by atoms with Crippen molar-refractivity contribution in [3.8, 4) is 0 Å². The Labute approximate surface area is 89.2 Å². The van der Waals surface area contributed by atoms with Gasteiger partial charge in [0.1, 0.15) is 0 Å². The predicted octanol–water partition coefficient (Wildman–Crippen LogP) is 2.26. The SMILES string of the molecule is C=CCN(CC)CCC(N)C(C)(C)C. The molecule has 0 fully saturated rings. The van der Waals surface area contributed by atoms with Crippen LogP contribution in [0.1, 0.15) is 34.1 Å². The second-order valence-electron chi connectivity index (χ2n) is 4.94. The van der Waals surface area contributed by atoms with Crippen molar-refractivity contribution in [2.45, 2.75) is 40.2 Å². The molecule has 0 aliphatic carbocycles. The molecular formula is C12H26N2. The van der Waals surface area contributed by atoms with E-state index in [9.17, 15) is 0 Å². The molecular weight excluding hydrogens is 172 g/mol. The Hall–Kier alpha value is -0.340. The third-order valence-corrected chi connectivity index (χ3v) is 2.70. The largest absolute Gasteiger partial charge is 0.327 e. The zero-order chi connectivity index (χ0) is 11.2. The summed E-state index contributed by atoms with van der Waals surface area (Å²) in [5, 5.41) is 0. The molecule has 2 N–H and O–H groups in total. The van der Waals surface area contributed by atoms with Crippen LogP contribution in [-0.2, 0) is 0 Å². The lowest BCUT2D eigenvalue weighted by atomic mass is 9.85. The molecule has 0 aromatic carbocycles. The molecule has 0 aromatic heterocycles. The second-order valence-corrected chi connectivity index (χ2v) is 4.94. The minimum atomic E-state index is 0.216. The molecule has 0 saturated carbocycles. The van der Waals surface area contributed by atoms with E-state index in [4.69, 9.17) is 5.73 Å². The fourth-order valence-corrected chi connectivity index (χ4v) is 1.32. The Bertz CT molecular complexity index is 158.